The maximum atomic E-state index is 12.5. The second-order valence-electron chi connectivity index (χ2n) is 6.26. The monoisotopic (exact) mass is 378 g/mol. The van der Waals surface area contributed by atoms with Crippen LogP contribution in [0.2, 0.25) is 0 Å². The topological polar surface area (TPSA) is 80.7 Å². The van der Waals surface area contributed by atoms with Crippen molar-refractivity contribution < 1.29 is 19.4 Å². The van der Waals surface area contributed by atoms with E-state index >= 15 is 0 Å². The van der Waals surface area contributed by atoms with Crippen molar-refractivity contribution in [1.82, 2.24) is 10.3 Å². The highest BCUT2D eigenvalue weighted by atomic mass is 16.5. The maximum Gasteiger partial charge on any atom is 0.255 e. The Hall–Kier alpha value is -3.54. The van der Waals surface area contributed by atoms with Gasteiger partial charge in [0.1, 0.15) is 23.9 Å². The minimum Gasteiger partial charge on any atom is -0.507 e. The molecule has 6 heteroatoms. The number of phenolic OH excluding ortho intramolecular Hbond substituents is 1. The number of rotatable bonds is 7. The molecule has 144 valence electrons. The number of carbonyl (C=O) groups excluding carboxylic acids is 1. The molecular weight excluding hydrogens is 356 g/mol. The molecule has 1 unspecified atom stereocenters. The number of methoxy groups -OCH3 is 1. The second-order valence-corrected chi connectivity index (χ2v) is 6.26. The Bertz CT molecular complexity index is 944. The molecule has 0 saturated heterocycles. The van der Waals surface area contributed by atoms with Crippen molar-refractivity contribution in [3.8, 4) is 17.2 Å². The molecule has 0 saturated carbocycles. The molecule has 0 spiro atoms. The number of nitrogens with one attached hydrogen (secondary N) is 1. The van der Waals surface area contributed by atoms with E-state index in [-0.39, 0.29) is 23.3 Å². The number of nitrogens with zero attached hydrogens (tertiary/aromatic N) is 1. The van der Waals surface area contributed by atoms with E-state index in [0.29, 0.717) is 18.1 Å². The van der Waals surface area contributed by atoms with Crippen LogP contribution in [-0.2, 0) is 6.61 Å². The van der Waals surface area contributed by atoms with Crippen LogP contribution in [-0.4, -0.2) is 23.1 Å². The van der Waals surface area contributed by atoms with Gasteiger partial charge in [0.15, 0.2) is 0 Å². The summed E-state index contributed by atoms with van der Waals surface area (Å²) in [5.41, 5.74) is 1.88. The second kappa shape index (κ2) is 8.90. The van der Waals surface area contributed by atoms with Gasteiger partial charge in [-0.2, -0.15) is 0 Å². The summed E-state index contributed by atoms with van der Waals surface area (Å²) in [6.45, 7) is 2.23. The van der Waals surface area contributed by atoms with Crippen molar-refractivity contribution in [3.63, 3.8) is 0 Å². The first-order chi connectivity index (χ1) is 13.6. The van der Waals surface area contributed by atoms with Crippen molar-refractivity contribution in [2.75, 3.05) is 7.11 Å². The molecule has 1 heterocycles. The molecule has 1 amide bonds. The van der Waals surface area contributed by atoms with E-state index in [1.807, 2.05) is 49.4 Å². The van der Waals surface area contributed by atoms with Crippen LogP contribution in [0.5, 0.6) is 17.2 Å². The van der Waals surface area contributed by atoms with Gasteiger partial charge in [-0.15, -0.1) is 0 Å². The molecule has 2 aromatic carbocycles. The molecular formula is C22H22N2O4. The number of aromatic nitrogens is 1. The summed E-state index contributed by atoms with van der Waals surface area (Å²) >= 11 is 0. The molecule has 0 bridgehead atoms. The summed E-state index contributed by atoms with van der Waals surface area (Å²) in [6, 6.07) is 17.4. The van der Waals surface area contributed by atoms with Gasteiger partial charge >= 0.3 is 0 Å². The Balaban J connectivity index is 1.67. The van der Waals surface area contributed by atoms with Gasteiger partial charge in [0, 0.05) is 6.20 Å². The van der Waals surface area contributed by atoms with Gasteiger partial charge in [0.2, 0.25) is 0 Å². The van der Waals surface area contributed by atoms with Crippen LogP contribution >= 0.6 is 0 Å². The Morgan fingerprint density at radius 1 is 1.11 bits per heavy atom. The smallest absolute Gasteiger partial charge is 0.255 e. The summed E-state index contributed by atoms with van der Waals surface area (Å²) in [5.74, 6) is 0.704. The van der Waals surface area contributed by atoms with Crippen LogP contribution < -0.4 is 14.8 Å². The zero-order chi connectivity index (χ0) is 19.9. The number of carbonyl (C=O) groups is 1. The first kappa shape index (κ1) is 19.2. The van der Waals surface area contributed by atoms with E-state index in [1.165, 1.54) is 19.2 Å². The Morgan fingerprint density at radius 2 is 1.96 bits per heavy atom. The summed E-state index contributed by atoms with van der Waals surface area (Å²) in [5, 5.41) is 12.8. The SMILES string of the molecule is COc1ccc(O)c(C(=O)NC(C)c2cccc(OCc3ccccn3)c2)c1. The third-order valence-corrected chi connectivity index (χ3v) is 4.27. The van der Waals surface area contributed by atoms with Crippen LogP contribution in [0.15, 0.2) is 66.9 Å². The predicted molar refractivity (Wildman–Crippen MR) is 106 cm³/mol. The molecule has 0 radical (unpaired) electrons. The summed E-state index contributed by atoms with van der Waals surface area (Å²) in [7, 11) is 1.51. The number of aromatic hydroxyl groups is 1. The van der Waals surface area contributed by atoms with Crippen LogP contribution in [0.4, 0.5) is 0 Å². The van der Waals surface area contributed by atoms with Crippen LogP contribution in [0.1, 0.15) is 34.6 Å². The molecule has 3 rings (SSSR count). The van der Waals surface area contributed by atoms with E-state index in [2.05, 4.69) is 10.3 Å². The highest BCUT2D eigenvalue weighted by Gasteiger charge is 2.16. The minimum absolute atomic E-state index is 0.0991. The number of hydrogen-bond acceptors (Lipinski definition) is 5. The van der Waals surface area contributed by atoms with Crippen LogP contribution in [0.3, 0.4) is 0 Å². The van der Waals surface area contributed by atoms with Gasteiger partial charge in [0.05, 0.1) is 24.4 Å². The first-order valence-corrected chi connectivity index (χ1v) is 8.87. The minimum atomic E-state index is -0.385. The normalized spacial score (nSPS) is 11.5. The molecule has 0 aliphatic rings. The largest absolute Gasteiger partial charge is 0.507 e. The van der Waals surface area contributed by atoms with Gasteiger partial charge < -0.3 is 19.9 Å². The molecule has 2 N–H and O–H groups in total. The molecule has 0 aliphatic carbocycles. The number of pyridine rings is 1. The fraction of sp³-hybridized carbons (Fsp3) is 0.182. The van der Waals surface area contributed by atoms with Gasteiger partial charge in [-0.25, -0.2) is 0 Å². The van der Waals surface area contributed by atoms with Gasteiger partial charge in [-0.3, -0.25) is 9.78 Å². The fourth-order valence-electron chi connectivity index (χ4n) is 2.70. The molecule has 0 fully saturated rings. The van der Waals surface area contributed by atoms with Crippen molar-refractivity contribution in [2.45, 2.75) is 19.6 Å². The van der Waals surface area contributed by atoms with Gasteiger partial charge in [-0.05, 0) is 55.0 Å². The molecule has 0 aliphatic heterocycles. The highest BCUT2D eigenvalue weighted by molar-refractivity contribution is 5.97. The highest BCUT2D eigenvalue weighted by Crippen LogP contribution is 2.25. The van der Waals surface area contributed by atoms with Crippen molar-refractivity contribution in [3.05, 3.63) is 83.7 Å². The Labute approximate surface area is 163 Å². The number of ether oxygens (including phenoxy) is 2. The zero-order valence-corrected chi connectivity index (χ0v) is 15.8. The van der Waals surface area contributed by atoms with E-state index in [9.17, 15) is 9.90 Å². The van der Waals surface area contributed by atoms with Crippen molar-refractivity contribution in [1.29, 1.82) is 0 Å². The molecule has 3 aromatic rings. The summed E-state index contributed by atoms with van der Waals surface area (Å²) in [6.07, 6.45) is 1.72. The number of amides is 1. The lowest BCUT2D eigenvalue weighted by Crippen LogP contribution is -2.26. The number of hydrogen-bond donors (Lipinski definition) is 2. The van der Waals surface area contributed by atoms with Crippen LogP contribution in [0.25, 0.3) is 0 Å². The quantitative estimate of drug-likeness (QED) is 0.652. The Kier molecular flexibility index (Phi) is 6.11. The number of phenols is 1. The van der Waals surface area contributed by atoms with Gasteiger partial charge in [-0.1, -0.05) is 18.2 Å². The standard InChI is InChI=1S/C22H22N2O4/c1-15(24-22(26)20-13-18(27-2)9-10-21(20)25)16-6-5-8-19(12-16)28-14-17-7-3-4-11-23-17/h3-13,15,25H,14H2,1-2H3,(H,24,26). The summed E-state index contributed by atoms with van der Waals surface area (Å²) < 4.78 is 10.9. The molecule has 1 aromatic heterocycles. The lowest BCUT2D eigenvalue weighted by Gasteiger charge is -2.16. The van der Waals surface area contributed by atoms with Gasteiger partial charge in [0.25, 0.3) is 5.91 Å². The van der Waals surface area contributed by atoms with E-state index in [1.54, 1.807) is 12.3 Å². The van der Waals surface area contributed by atoms with Crippen molar-refractivity contribution in [2.24, 2.45) is 0 Å². The molecule has 6 nitrogen and oxygen atoms in total. The lowest BCUT2D eigenvalue weighted by molar-refractivity contribution is 0.0936. The van der Waals surface area contributed by atoms with E-state index in [4.69, 9.17) is 9.47 Å². The molecule has 1 atom stereocenters. The molecule has 28 heavy (non-hydrogen) atoms. The van der Waals surface area contributed by atoms with E-state index < -0.39 is 0 Å². The van der Waals surface area contributed by atoms with Crippen LogP contribution in [0, 0.1) is 0 Å². The lowest BCUT2D eigenvalue weighted by atomic mass is 10.1. The average Bonchev–Trinajstić information content (AvgIpc) is 2.73. The third-order valence-electron chi connectivity index (χ3n) is 4.27. The maximum absolute atomic E-state index is 12.5. The third kappa shape index (κ3) is 4.79. The summed E-state index contributed by atoms with van der Waals surface area (Å²) in [4.78, 5) is 16.8. The van der Waals surface area contributed by atoms with E-state index in [0.717, 1.165) is 11.3 Å². The first-order valence-electron chi connectivity index (χ1n) is 8.87. The fourth-order valence-corrected chi connectivity index (χ4v) is 2.70. The zero-order valence-electron chi connectivity index (χ0n) is 15.8. The Morgan fingerprint density at radius 3 is 2.71 bits per heavy atom. The van der Waals surface area contributed by atoms with Crippen molar-refractivity contribution >= 4 is 5.91 Å². The predicted octanol–water partition coefficient (Wildman–Crippen LogP) is 3.87. The average molecular weight is 378 g/mol. The number of benzene rings is 2.